The number of halogens is 1. The van der Waals surface area contributed by atoms with Gasteiger partial charge in [-0.2, -0.15) is 0 Å². The Hall–Kier alpha value is -1.33. The summed E-state index contributed by atoms with van der Waals surface area (Å²) in [6.45, 7) is 4.32. The van der Waals surface area contributed by atoms with Gasteiger partial charge in [0, 0.05) is 26.3 Å². The van der Waals surface area contributed by atoms with Crippen LogP contribution in [0.4, 0.5) is 5.82 Å². The molecule has 0 aliphatic rings. The maximum Gasteiger partial charge on any atom is 0.255 e. The molecule has 0 atom stereocenters. The van der Waals surface area contributed by atoms with E-state index in [4.69, 9.17) is 11.6 Å². The first-order valence-electron chi connectivity index (χ1n) is 6.76. The first kappa shape index (κ1) is 16.7. The topological polar surface area (TPSA) is 48.5 Å². The summed E-state index contributed by atoms with van der Waals surface area (Å²) in [4.78, 5) is 20.5. The zero-order valence-electron chi connectivity index (χ0n) is 12.6. The van der Waals surface area contributed by atoms with Crippen LogP contribution in [-0.4, -0.2) is 61.5 Å². The second-order valence-electron chi connectivity index (χ2n) is 4.84. The van der Waals surface area contributed by atoms with Crippen molar-refractivity contribution in [3.05, 3.63) is 22.8 Å². The molecule has 1 aromatic rings. The minimum absolute atomic E-state index is 0.0462. The number of pyridine rings is 1. The van der Waals surface area contributed by atoms with Crippen LogP contribution in [-0.2, 0) is 0 Å². The second kappa shape index (κ2) is 8.07. The fourth-order valence-corrected chi connectivity index (χ4v) is 2.07. The quantitative estimate of drug-likeness (QED) is 0.838. The molecule has 5 nitrogen and oxygen atoms in total. The Morgan fingerprint density at radius 3 is 2.65 bits per heavy atom. The number of hydrogen-bond donors (Lipinski definition) is 1. The van der Waals surface area contributed by atoms with Gasteiger partial charge in [-0.05, 0) is 40.1 Å². The van der Waals surface area contributed by atoms with Crippen LogP contribution in [0.15, 0.2) is 12.3 Å². The molecule has 1 rings (SSSR count). The van der Waals surface area contributed by atoms with Crippen molar-refractivity contribution >= 4 is 23.3 Å². The number of rotatable bonds is 7. The van der Waals surface area contributed by atoms with Crippen LogP contribution in [0.2, 0.25) is 5.02 Å². The van der Waals surface area contributed by atoms with E-state index in [1.54, 1.807) is 13.1 Å². The van der Waals surface area contributed by atoms with Crippen molar-refractivity contribution in [3.63, 3.8) is 0 Å². The molecular weight excluding hydrogens is 276 g/mol. The highest BCUT2D eigenvalue weighted by molar-refractivity contribution is 6.33. The van der Waals surface area contributed by atoms with Crippen LogP contribution in [0.25, 0.3) is 0 Å². The Balaban J connectivity index is 2.79. The molecule has 0 saturated heterocycles. The Morgan fingerprint density at radius 2 is 2.10 bits per heavy atom. The Kier molecular flexibility index (Phi) is 6.75. The lowest BCUT2D eigenvalue weighted by Crippen LogP contribution is -2.33. The van der Waals surface area contributed by atoms with Gasteiger partial charge in [0.1, 0.15) is 5.82 Å². The molecule has 0 fully saturated rings. The summed E-state index contributed by atoms with van der Waals surface area (Å²) in [6, 6.07) is 1.69. The van der Waals surface area contributed by atoms with Gasteiger partial charge in [0.15, 0.2) is 0 Å². The second-order valence-corrected chi connectivity index (χ2v) is 5.25. The molecule has 1 amide bonds. The number of hydrogen-bond acceptors (Lipinski definition) is 4. The predicted octanol–water partition coefficient (Wildman–Crippen LogP) is 2.19. The molecule has 112 valence electrons. The van der Waals surface area contributed by atoms with E-state index in [-0.39, 0.29) is 5.91 Å². The third-order valence-electron chi connectivity index (χ3n) is 3.04. The van der Waals surface area contributed by atoms with E-state index in [2.05, 4.69) is 15.2 Å². The molecule has 0 bridgehead atoms. The highest BCUT2D eigenvalue weighted by Crippen LogP contribution is 2.19. The summed E-state index contributed by atoms with van der Waals surface area (Å²) in [7, 11) is 5.81. The van der Waals surface area contributed by atoms with Gasteiger partial charge in [-0.25, -0.2) is 4.98 Å². The van der Waals surface area contributed by atoms with Gasteiger partial charge in [0.2, 0.25) is 0 Å². The first-order valence-corrected chi connectivity index (χ1v) is 7.14. The van der Waals surface area contributed by atoms with Crippen LogP contribution in [0.5, 0.6) is 0 Å². The minimum Gasteiger partial charge on any atom is -0.373 e. The zero-order valence-corrected chi connectivity index (χ0v) is 13.4. The van der Waals surface area contributed by atoms with Crippen molar-refractivity contribution in [3.8, 4) is 0 Å². The first-order chi connectivity index (χ1) is 9.49. The average molecular weight is 299 g/mol. The summed E-state index contributed by atoms with van der Waals surface area (Å²) in [5, 5.41) is 3.31. The molecule has 1 N–H and O–H groups in total. The molecule has 0 aliphatic heterocycles. The number of carbonyl (C=O) groups is 1. The lowest BCUT2D eigenvalue weighted by Gasteiger charge is -2.22. The monoisotopic (exact) mass is 298 g/mol. The summed E-state index contributed by atoms with van der Waals surface area (Å²) in [5.74, 6) is 0.595. The summed E-state index contributed by atoms with van der Waals surface area (Å²) in [6.07, 6.45) is 2.45. The van der Waals surface area contributed by atoms with Gasteiger partial charge in [-0.15, -0.1) is 0 Å². The van der Waals surface area contributed by atoms with Gasteiger partial charge in [0.05, 0.1) is 10.6 Å². The van der Waals surface area contributed by atoms with Crippen molar-refractivity contribution in [2.75, 3.05) is 46.1 Å². The fourth-order valence-electron chi connectivity index (χ4n) is 1.89. The number of carbonyl (C=O) groups excluding carboxylic acids is 1. The van der Waals surface area contributed by atoms with E-state index in [0.29, 0.717) is 22.9 Å². The molecule has 1 heterocycles. The molecule has 0 radical (unpaired) electrons. The molecule has 0 aromatic carbocycles. The zero-order chi connectivity index (χ0) is 15.1. The van der Waals surface area contributed by atoms with Crippen LogP contribution >= 0.6 is 11.6 Å². The molecule has 6 heteroatoms. The number of anilines is 1. The molecule has 1 aromatic heterocycles. The number of amides is 1. The van der Waals surface area contributed by atoms with Crippen molar-refractivity contribution in [1.29, 1.82) is 0 Å². The van der Waals surface area contributed by atoms with Crippen LogP contribution in [0, 0.1) is 0 Å². The van der Waals surface area contributed by atoms with Gasteiger partial charge >= 0.3 is 0 Å². The highest BCUT2D eigenvalue weighted by atomic mass is 35.5. The van der Waals surface area contributed by atoms with E-state index in [0.717, 1.165) is 19.5 Å². The lowest BCUT2D eigenvalue weighted by molar-refractivity contribution is 0.0759. The highest BCUT2D eigenvalue weighted by Gasteiger charge is 2.17. The van der Waals surface area contributed by atoms with Gasteiger partial charge < -0.3 is 15.1 Å². The average Bonchev–Trinajstić information content (AvgIpc) is 2.43. The summed E-state index contributed by atoms with van der Waals surface area (Å²) >= 11 is 6.09. The molecular formula is C14H23ClN4O. The third kappa shape index (κ3) is 4.65. The SMILES string of the molecule is CCN(CCCN(C)C)C(=O)c1cc(NC)ncc1Cl. The van der Waals surface area contributed by atoms with Gasteiger partial charge in [-0.1, -0.05) is 11.6 Å². The van der Waals surface area contributed by atoms with Gasteiger partial charge in [-0.3, -0.25) is 4.79 Å². The van der Waals surface area contributed by atoms with Crippen LogP contribution < -0.4 is 5.32 Å². The summed E-state index contributed by atoms with van der Waals surface area (Å²) in [5.41, 5.74) is 0.498. The molecule has 0 aliphatic carbocycles. The number of nitrogens with zero attached hydrogens (tertiary/aromatic N) is 3. The maximum absolute atomic E-state index is 12.5. The van der Waals surface area contributed by atoms with Crippen LogP contribution in [0.3, 0.4) is 0 Å². The molecule has 0 saturated carbocycles. The van der Waals surface area contributed by atoms with E-state index < -0.39 is 0 Å². The minimum atomic E-state index is -0.0462. The van der Waals surface area contributed by atoms with Crippen molar-refractivity contribution in [2.45, 2.75) is 13.3 Å². The molecule has 0 spiro atoms. The van der Waals surface area contributed by atoms with E-state index >= 15 is 0 Å². The predicted molar refractivity (Wildman–Crippen MR) is 83.5 cm³/mol. The maximum atomic E-state index is 12.5. The number of aromatic nitrogens is 1. The van der Waals surface area contributed by atoms with Crippen molar-refractivity contribution in [1.82, 2.24) is 14.8 Å². The molecule has 0 unspecified atom stereocenters. The smallest absolute Gasteiger partial charge is 0.255 e. The number of nitrogens with one attached hydrogen (secondary N) is 1. The van der Waals surface area contributed by atoms with Crippen LogP contribution in [0.1, 0.15) is 23.7 Å². The van der Waals surface area contributed by atoms with Gasteiger partial charge in [0.25, 0.3) is 5.91 Å². The largest absolute Gasteiger partial charge is 0.373 e. The fraction of sp³-hybridized carbons (Fsp3) is 0.571. The molecule has 20 heavy (non-hydrogen) atoms. The Bertz CT molecular complexity index is 451. The van der Waals surface area contributed by atoms with E-state index in [1.807, 2.05) is 25.9 Å². The Labute approximate surface area is 125 Å². The van der Waals surface area contributed by atoms with E-state index in [9.17, 15) is 4.79 Å². The normalized spacial score (nSPS) is 10.7. The van der Waals surface area contributed by atoms with Crippen molar-refractivity contribution in [2.24, 2.45) is 0 Å². The third-order valence-corrected chi connectivity index (χ3v) is 3.35. The Morgan fingerprint density at radius 1 is 1.40 bits per heavy atom. The lowest BCUT2D eigenvalue weighted by atomic mass is 10.2. The summed E-state index contributed by atoms with van der Waals surface area (Å²) < 4.78 is 0. The van der Waals surface area contributed by atoms with Crippen molar-refractivity contribution < 1.29 is 4.79 Å². The van der Waals surface area contributed by atoms with E-state index in [1.165, 1.54) is 6.20 Å². The standard InChI is InChI=1S/C14H23ClN4O/c1-5-19(8-6-7-18(3)4)14(20)11-9-13(16-2)17-10-12(11)15/h9-10H,5-8H2,1-4H3,(H,16,17).